The molecule has 96 valence electrons. The van der Waals surface area contributed by atoms with E-state index >= 15 is 0 Å². The summed E-state index contributed by atoms with van der Waals surface area (Å²) in [7, 11) is 1.72. The monoisotopic (exact) mass is 245 g/mol. The minimum absolute atomic E-state index is 0.271. The van der Waals surface area contributed by atoms with Crippen LogP contribution in [0, 0.1) is 0 Å². The normalized spacial score (nSPS) is 16.7. The van der Waals surface area contributed by atoms with Crippen LogP contribution in [0.3, 0.4) is 0 Å². The zero-order chi connectivity index (χ0) is 12.8. The zero-order valence-corrected chi connectivity index (χ0v) is 10.8. The molecule has 1 fully saturated rings. The molecule has 1 aliphatic rings. The predicted molar refractivity (Wildman–Crippen MR) is 70.3 cm³/mol. The molecule has 1 saturated carbocycles. The second-order valence-corrected chi connectivity index (χ2v) is 4.88. The molecule has 0 aromatic heterocycles. The van der Waals surface area contributed by atoms with Crippen molar-refractivity contribution < 1.29 is 9.53 Å². The average molecular weight is 245 g/mol. The van der Waals surface area contributed by atoms with Crippen molar-refractivity contribution in [3.63, 3.8) is 0 Å². The highest BCUT2D eigenvalue weighted by Crippen LogP contribution is 2.44. The van der Waals surface area contributed by atoms with E-state index in [2.05, 4.69) is 29.3 Å². The van der Waals surface area contributed by atoms with Gasteiger partial charge in [0.15, 0.2) is 0 Å². The second kappa shape index (κ2) is 5.94. The van der Waals surface area contributed by atoms with Crippen LogP contribution in [-0.4, -0.2) is 19.8 Å². The molecule has 3 heteroatoms. The Morgan fingerprint density at radius 1 is 1.33 bits per heavy atom. The molecule has 0 atom stereocenters. The van der Waals surface area contributed by atoms with Crippen LogP contribution in [0.1, 0.15) is 36.8 Å². The Bertz CT molecular complexity index is 428. The van der Waals surface area contributed by atoms with Gasteiger partial charge in [0.1, 0.15) is 0 Å². The van der Waals surface area contributed by atoms with E-state index in [1.165, 1.54) is 5.56 Å². The Morgan fingerprint density at radius 2 is 2.06 bits per heavy atom. The molecule has 0 N–H and O–H groups in total. The summed E-state index contributed by atoms with van der Waals surface area (Å²) in [5, 5.41) is 0. The number of ether oxygens (including phenoxy) is 1. The Labute approximate surface area is 108 Å². The summed E-state index contributed by atoms with van der Waals surface area (Å²) in [6.45, 7) is 0.793. The number of aliphatic imine (C=N–C) groups is 1. The molecule has 2 rings (SSSR count). The van der Waals surface area contributed by atoms with Crippen LogP contribution >= 0.6 is 0 Å². The van der Waals surface area contributed by atoms with Gasteiger partial charge in [0.25, 0.3) is 0 Å². The fourth-order valence-electron chi connectivity index (χ4n) is 2.47. The summed E-state index contributed by atoms with van der Waals surface area (Å²) in [5.74, 6) is 0. The summed E-state index contributed by atoms with van der Waals surface area (Å²) in [6.07, 6.45) is 6.85. The lowest BCUT2D eigenvalue weighted by Crippen LogP contribution is -2.31. The van der Waals surface area contributed by atoms with Crippen molar-refractivity contribution in [3.05, 3.63) is 35.4 Å². The molecule has 1 aliphatic carbocycles. The number of carbonyl (C=O) groups excluding carboxylic acids is 1. The number of isocyanates is 1. The first-order valence-corrected chi connectivity index (χ1v) is 6.48. The van der Waals surface area contributed by atoms with Gasteiger partial charge in [0.05, 0.1) is 5.54 Å². The molecule has 0 spiro atoms. The summed E-state index contributed by atoms with van der Waals surface area (Å²) >= 11 is 0. The second-order valence-electron chi connectivity index (χ2n) is 4.88. The molecule has 0 saturated heterocycles. The molecule has 1 aromatic carbocycles. The summed E-state index contributed by atoms with van der Waals surface area (Å²) in [6, 6.07) is 8.46. The quantitative estimate of drug-likeness (QED) is 0.439. The van der Waals surface area contributed by atoms with Gasteiger partial charge in [-0.3, -0.25) is 0 Å². The third kappa shape index (κ3) is 2.69. The smallest absolute Gasteiger partial charge is 0.235 e. The van der Waals surface area contributed by atoms with Crippen LogP contribution in [0.15, 0.2) is 29.3 Å². The van der Waals surface area contributed by atoms with Crippen molar-refractivity contribution in [2.45, 2.75) is 37.6 Å². The first kappa shape index (κ1) is 13.0. The molecule has 0 heterocycles. The maximum atomic E-state index is 10.5. The third-order valence-electron chi connectivity index (χ3n) is 3.75. The highest BCUT2D eigenvalue weighted by atomic mass is 16.5. The number of hydrogen-bond donors (Lipinski definition) is 0. The third-order valence-corrected chi connectivity index (χ3v) is 3.75. The average Bonchev–Trinajstić information content (AvgIpc) is 2.35. The van der Waals surface area contributed by atoms with Gasteiger partial charge in [0.2, 0.25) is 6.08 Å². The maximum Gasteiger partial charge on any atom is 0.235 e. The van der Waals surface area contributed by atoms with E-state index in [-0.39, 0.29) is 5.54 Å². The molecule has 0 radical (unpaired) electrons. The largest absolute Gasteiger partial charge is 0.385 e. The van der Waals surface area contributed by atoms with Crippen LogP contribution in [0.25, 0.3) is 0 Å². The summed E-state index contributed by atoms with van der Waals surface area (Å²) in [4.78, 5) is 14.5. The minimum atomic E-state index is -0.271. The molecule has 0 bridgehead atoms. The van der Waals surface area contributed by atoms with Crippen LogP contribution in [0.5, 0.6) is 0 Å². The Kier molecular flexibility index (Phi) is 4.29. The SMILES string of the molecule is COCCCc1ccc(C2(N=C=O)CCC2)cc1. The molecule has 18 heavy (non-hydrogen) atoms. The topological polar surface area (TPSA) is 38.7 Å². The molecular formula is C15H19NO2. The summed E-state index contributed by atoms with van der Waals surface area (Å²) in [5.41, 5.74) is 2.18. The fourth-order valence-corrected chi connectivity index (χ4v) is 2.47. The van der Waals surface area contributed by atoms with Gasteiger partial charge in [-0.1, -0.05) is 24.3 Å². The van der Waals surface area contributed by atoms with Crippen LogP contribution in [0.2, 0.25) is 0 Å². The first-order valence-electron chi connectivity index (χ1n) is 6.48. The number of methoxy groups -OCH3 is 1. The number of rotatable bonds is 6. The van der Waals surface area contributed by atoms with Gasteiger partial charge in [0, 0.05) is 13.7 Å². The van der Waals surface area contributed by atoms with E-state index in [1.807, 2.05) is 0 Å². The van der Waals surface area contributed by atoms with E-state index in [1.54, 1.807) is 13.2 Å². The lowest BCUT2D eigenvalue weighted by Gasteiger charge is -2.37. The zero-order valence-electron chi connectivity index (χ0n) is 10.8. The Balaban J connectivity index is 2.05. The van der Waals surface area contributed by atoms with Crippen molar-refractivity contribution in [3.8, 4) is 0 Å². The molecule has 0 amide bonds. The molecular weight excluding hydrogens is 226 g/mol. The van der Waals surface area contributed by atoms with Gasteiger partial charge in [-0.25, -0.2) is 4.79 Å². The molecule has 0 unspecified atom stereocenters. The Hall–Kier alpha value is -1.44. The first-order chi connectivity index (χ1) is 8.80. The minimum Gasteiger partial charge on any atom is -0.385 e. The van der Waals surface area contributed by atoms with Gasteiger partial charge in [-0.2, -0.15) is 4.99 Å². The van der Waals surface area contributed by atoms with Crippen molar-refractivity contribution >= 4 is 6.08 Å². The fraction of sp³-hybridized carbons (Fsp3) is 0.533. The predicted octanol–water partition coefficient (Wildman–Crippen LogP) is 2.98. The number of aryl methyl sites for hydroxylation is 1. The highest BCUT2D eigenvalue weighted by Gasteiger charge is 2.38. The van der Waals surface area contributed by atoms with E-state index in [4.69, 9.17) is 4.74 Å². The van der Waals surface area contributed by atoms with Crippen LogP contribution < -0.4 is 0 Å². The van der Waals surface area contributed by atoms with E-state index in [0.717, 1.165) is 44.3 Å². The molecule has 0 aliphatic heterocycles. The van der Waals surface area contributed by atoms with Crippen molar-refractivity contribution in [2.24, 2.45) is 4.99 Å². The molecule has 1 aromatic rings. The van der Waals surface area contributed by atoms with Gasteiger partial charge in [-0.15, -0.1) is 0 Å². The number of hydrogen-bond acceptors (Lipinski definition) is 3. The molecule has 3 nitrogen and oxygen atoms in total. The van der Waals surface area contributed by atoms with Crippen LogP contribution in [0.4, 0.5) is 0 Å². The van der Waals surface area contributed by atoms with Crippen molar-refractivity contribution in [1.82, 2.24) is 0 Å². The van der Waals surface area contributed by atoms with Crippen molar-refractivity contribution in [2.75, 3.05) is 13.7 Å². The Morgan fingerprint density at radius 3 is 2.56 bits per heavy atom. The maximum absolute atomic E-state index is 10.5. The highest BCUT2D eigenvalue weighted by molar-refractivity contribution is 5.40. The lowest BCUT2D eigenvalue weighted by molar-refractivity contribution is 0.195. The summed E-state index contributed by atoms with van der Waals surface area (Å²) < 4.78 is 5.04. The van der Waals surface area contributed by atoms with Gasteiger partial charge in [-0.05, 0) is 43.2 Å². The van der Waals surface area contributed by atoms with Gasteiger partial charge >= 0.3 is 0 Å². The van der Waals surface area contributed by atoms with Gasteiger partial charge < -0.3 is 4.74 Å². The van der Waals surface area contributed by atoms with Crippen LogP contribution in [-0.2, 0) is 21.5 Å². The van der Waals surface area contributed by atoms with E-state index in [0.29, 0.717) is 0 Å². The number of nitrogens with zero attached hydrogens (tertiary/aromatic N) is 1. The standard InChI is InChI=1S/C15H19NO2/c1-18-11-2-4-13-5-7-14(8-6-13)15(16-12-17)9-3-10-15/h5-8H,2-4,9-11H2,1H3. The lowest BCUT2D eigenvalue weighted by atomic mass is 9.72. The van der Waals surface area contributed by atoms with E-state index in [9.17, 15) is 4.79 Å². The van der Waals surface area contributed by atoms with E-state index < -0.39 is 0 Å². The number of benzene rings is 1. The van der Waals surface area contributed by atoms with Crippen molar-refractivity contribution in [1.29, 1.82) is 0 Å².